The minimum atomic E-state index is -0.117. The van der Waals surface area contributed by atoms with Crippen LogP contribution in [0.5, 0.6) is 0 Å². The van der Waals surface area contributed by atoms with Crippen LogP contribution in [-0.4, -0.2) is 36.8 Å². The van der Waals surface area contributed by atoms with Crippen molar-refractivity contribution in [1.29, 1.82) is 0 Å². The number of thioether (sulfide) groups is 1. The number of nitrogen functional groups attached to an aromatic ring is 1. The molecular weight excluding hydrogens is 278 g/mol. The Morgan fingerprint density at radius 1 is 1.60 bits per heavy atom. The predicted octanol–water partition coefficient (Wildman–Crippen LogP) is 0.778. The summed E-state index contributed by atoms with van der Waals surface area (Å²) in [5.41, 5.74) is 6.38. The number of aromatic nitrogens is 5. The molecule has 1 atom stereocenters. The highest BCUT2D eigenvalue weighted by Gasteiger charge is 2.16. The van der Waals surface area contributed by atoms with E-state index in [1.807, 2.05) is 13.8 Å². The number of rotatable bonds is 6. The van der Waals surface area contributed by atoms with Gasteiger partial charge in [-0.3, -0.25) is 4.79 Å². The summed E-state index contributed by atoms with van der Waals surface area (Å²) < 4.78 is 0. The second-order valence-electron chi connectivity index (χ2n) is 4.27. The van der Waals surface area contributed by atoms with Crippen LogP contribution in [0.1, 0.15) is 30.9 Å². The molecule has 20 heavy (non-hydrogen) atoms. The summed E-state index contributed by atoms with van der Waals surface area (Å²) in [6.07, 6.45) is 2.51. The van der Waals surface area contributed by atoms with Crippen LogP contribution >= 0.6 is 11.8 Å². The maximum atomic E-state index is 11.9. The van der Waals surface area contributed by atoms with Crippen molar-refractivity contribution in [2.24, 2.45) is 0 Å². The molecule has 2 heterocycles. The number of H-pyrrole nitrogens is 2. The second-order valence-corrected chi connectivity index (χ2v) is 5.21. The average Bonchev–Trinajstić information content (AvgIpc) is 3.02. The van der Waals surface area contributed by atoms with Crippen molar-refractivity contribution in [3.63, 3.8) is 0 Å². The number of imidazole rings is 1. The molecule has 0 aromatic carbocycles. The van der Waals surface area contributed by atoms with Gasteiger partial charge in [-0.15, -0.1) is 5.10 Å². The van der Waals surface area contributed by atoms with Crippen LogP contribution in [0.3, 0.4) is 0 Å². The number of anilines is 1. The molecule has 0 spiro atoms. The summed E-state index contributed by atoms with van der Waals surface area (Å²) in [5, 5.41) is 9.75. The Bertz CT molecular complexity index is 579. The van der Waals surface area contributed by atoms with E-state index < -0.39 is 0 Å². The molecule has 1 amide bonds. The van der Waals surface area contributed by atoms with Crippen molar-refractivity contribution in [2.45, 2.75) is 31.5 Å². The van der Waals surface area contributed by atoms with Crippen molar-refractivity contribution in [1.82, 2.24) is 30.5 Å². The number of aromatic amines is 2. The Balaban J connectivity index is 1.86. The average molecular weight is 295 g/mol. The topological polar surface area (TPSA) is 125 Å². The fourth-order valence-corrected chi connectivity index (χ4v) is 2.28. The summed E-state index contributed by atoms with van der Waals surface area (Å²) in [5.74, 6) is 1.14. The lowest BCUT2D eigenvalue weighted by Crippen LogP contribution is -2.30. The highest BCUT2D eigenvalue weighted by Crippen LogP contribution is 2.15. The maximum absolute atomic E-state index is 11.9. The van der Waals surface area contributed by atoms with Crippen molar-refractivity contribution in [2.75, 3.05) is 11.5 Å². The number of carbonyl (C=O) groups excluding carboxylic acids is 1. The maximum Gasteiger partial charge on any atom is 0.231 e. The van der Waals surface area contributed by atoms with E-state index in [0.717, 1.165) is 17.9 Å². The summed E-state index contributed by atoms with van der Waals surface area (Å²) in [7, 11) is 0. The molecule has 0 aliphatic heterocycles. The summed E-state index contributed by atoms with van der Waals surface area (Å²) >= 11 is 1.23. The van der Waals surface area contributed by atoms with Crippen LogP contribution in [-0.2, 0) is 4.79 Å². The number of nitrogens with one attached hydrogen (secondary N) is 3. The van der Waals surface area contributed by atoms with Crippen molar-refractivity contribution < 1.29 is 4.79 Å². The van der Waals surface area contributed by atoms with Crippen LogP contribution in [0.25, 0.3) is 0 Å². The van der Waals surface area contributed by atoms with E-state index in [0.29, 0.717) is 5.16 Å². The molecule has 8 nitrogen and oxygen atoms in total. The molecule has 9 heteroatoms. The smallest absolute Gasteiger partial charge is 0.231 e. The Kier molecular flexibility index (Phi) is 4.61. The highest BCUT2D eigenvalue weighted by atomic mass is 32.2. The van der Waals surface area contributed by atoms with E-state index in [2.05, 4.69) is 30.5 Å². The quantitative estimate of drug-likeness (QED) is 0.583. The number of hydrogen-bond donors (Lipinski definition) is 4. The number of amides is 1. The second kappa shape index (κ2) is 6.42. The van der Waals surface area contributed by atoms with Gasteiger partial charge in [0.1, 0.15) is 5.82 Å². The molecule has 0 fully saturated rings. The molecule has 0 radical (unpaired) electrons. The normalized spacial score (nSPS) is 12.3. The molecule has 0 saturated heterocycles. The van der Waals surface area contributed by atoms with Crippen molar-refractivity contribution >= 4 is 23.6 Å². The first-order chi connectivity index (χ1) is 9.58. The first-order valence-corrected chi connectivity index (χ1v) is 7.18. The Hall–Kier alpha value is -2.03. The van der Waals surface area contributed by atoms with Crippen LogP contribution in [0.15, 0.2) is 11.4 Å². The third-order valence-corrected chi connectivity index (χ3v) is 3.46. The monoisotopic (exact) mass is 295 g/mol. The van der Waals surface area contributed by atoms with Crippen LogP contribution in [0.4, 0.5) is 5.95 Å². The fourth-order valence-electron chi connectivity index (χ4n) is 1.66. The van der Waals surface area contributed by atoms with E-state index in [4.69, 9.17) is 5.73 Å². The molecule has 0 aliphatic carbocycles. The third-order valence-electron chi connectivity index (χ3n) is 2.61. The van der Waals surface area contributed by atoms with Gasteiger partial charge in [-0.2, -0.15) is 4.98 Å². The van der Waals surface area contributed by atoms with Gasteiger partial charge in [0, 0.05) is 11.9 Å². The molecular formula is C11H17N7OS. The van der Waals surface area contributed by atoms with Gasteiger partial charge in [-0.1, -0.05) is 18.7 Å². The number of hydrogen-bond acceptors (Lipinski definition) is 6. The minimum Gasteiger partial charge on any atom is -0.368 e. The van der Waals surface area contributed by atoms with E-state index >= 15 is 0 Å². The Morgan fingerprint density at radius 2 is 2.40 bits per heavy atom. The highest BCUT2D eigenvalue weighted by molar-refractivity contribution is 7.99. The molecule has 108 valence electrons. The van der Waals surface area contributed by atoms with Gasteiger partial charge >= 0.3 is 0 Å². The van der Waals surface area contributed by atoms with E-state index in [1.54, 1.807) is 6.20 Å². The van der Waals surface area contributed by atoms with Gasteiger partial charge in [-0.05, 0) is 13.3 Å². The van der Waals surface area contributed by atoms with Gasteiger partial charge in [-0.25, -0.2) is 10.1 Å². The van der Waals surface area contributed by atoms with Crippen LogP contribution in [0.2, 0.25) is 0 Å². The zero-order chi connectivity index (χ0) is 14.5. The van der Waals surface area contributed by atoms with E-state index in [-0.39, 0.29) is 23.7 Å². The molecule has 2 aromatic rings. The first-order valence-electron chi connectivity index (χ1n) is 6.20. The molecule has 5 N–H and O–H groups in total. The summed E-state index contributed by atoms with van der Waals surface area (Å²) in [4.78, 5) is 23.2. The van der Waals surface area contributed by atoms with Gasteiger partial charge in [0.15, 0.2) is 0 Å². The predicted molar refractivity (Wildman–Crippen MR) is 76.0 cm³/mol. The van der Waals surface area contributed by atoms with Crippen molar-refractivity contribution in [3.8, 4) is 0 Å². The van der Waals surface area contributed by atoms with Gasteiger partial charge in [0.2, 0.25) is 17.0 Å². The lowest BCUT2D eigenvalue weighted by atomic mass is 10.2. The number of aryl methyl sites for hydroxylation is 1. The Morgan fingerprint density at radius 3 is 2.95 bits per heavy atom. The SMILES string of the molecule is CC[C@H](NC(=O)CSc1n[nH]c(N)n1)c1ncc(C)[nH]1. The van der Waals surface area contributed by atoms with Crippen LogP contribution < -0.4 is 11.1 Å². The zero-order valence-electron chi connectivity index (χ0n) is 11.3. The standard InChI is InChI=1S/C11H17N7OS/c1-3-7(9-13-4-6(2)14-9)15-8(19)5-20-11-16-10(12)17-18-11/h4,7H,3,5H2,1-2H3,(H,13,14)(H,15,19)(H3,12,16,17,18)/t7-/m0/s1. The molecule has 0 unspecified atom stereocenters. The molecule has 0 bridgehead atoms. The third kappa shape index (κ3) is 3.73. The van der Waals surface area contributed by atoms with Gasteiger partial charge < -0.3 is 16.0 Å². The lowest BCUT2D eigenvalue weighted by Gasteiger charge is -2.14. The van der Waals surface area contributed by atoms with Crippen LogP contribution in [0, 0.1) is 6.92 Å². The number of carbonyl (C=O) groups is 1. The Labute approximate surface area is 120 Å². The fraction of sp³-hybridized carbons (Fsp3) is 0.455. The summed E-state index contributed by atoms with van der Waals surface area (Å²) in [6, 6.07) is -0.117. The molecule has 0 saturated carbocycles. The molecule has 2 rings (SSSR count). The number of nitrogens with zero attached hydrogens (tertiary/aromatic N) is 3. The van der Waals surface area contributed by atoms with E-state index in [9.17, 15) is 4.79 Å². The largest absolute Gasteiger partial charge is 0.368 e. The van der Waals surface area contributed by atoms with Gasteiger partial charge in [0.25, 0.3) is 0 Å². The van der Waals surface area contributed by atoms with E-state index in [1.165, 1.54) is 11.8 Å². The van der Waals surface area contributed by atoms with Crippen molar-refractivity contribution in [3.05, 3.63) is 17.7 Å². The van der Waals surface area contributed by atoms with Gasteiger partial charge in [0.05, 0.1) is 11.8 Å². The lowest BCUT2D eigenvalue weighted by molar-refractivity contribution is -0.119. The number of nitrogens with two attached hydrogens (primary N) is 1. The minimum absolute atomic E-state index is 0.0979. The summed E-state index contributed by atoms with van der Waals surface area (Å²) in [6.45, 7) is 3.92. The molecule has 0 aliphatic rings. The molecule has 2 aromatic heterocycles. The zero-order valence-corrected chi connectivity index (χ0v) is 12.1. The first kappa shape index (κ1) is 14.4.